The average molecular weight is 515 g/mol. The Morgan fingerprint density at radius 3 is 2.36 bits per heavy atom. The van der Waals surface area contributed by atoms with Crippen LogP contribution < -0.4 is 10.6 Å². The number of hydrogen-bond donors (Lipinski definition) is 2. The van der Waals surface area contributed by atoms with E-state index >= 15 is 0 Å². The van der Waals surface area contributed by atoms with Crippen LogP contribution in [0.25, 0.3) is 0 Å². The van der Waals surface area contributed by atoms with Crippen molar-refractivity contribution in [2.75, 3.05) is 19.8 Å². The minimum absolute atomic E-state index is 0.193. The second-order valence-electron chi connectivity index (χ2n) is 7.82. The summed E-state index contributed by atoms with van der Waals surface area (Å²) in [5, 5.41) is 6.05. The summed E-state index contributed by atoms with van der Waals surface area (Å²) in [6.07, 6.45) is 5.90. The van der Waals surface area contributed by atoms with Gasteiger partial charge < -0.3 is 15.4 Å². The van der Waals surface area contributed by atoms with Crippen LogP contribution in [0.3, 0.4) is 0 Å². The van der Waals surface area contributed by atoms with Crippen molar-refractivity contribution in [3.05, 3.63) is 82.4 Å². The van der Waals surface area contributed by atoms with Gasteiger partial charge in [-0.2, -0.15) is 0 Å². The smallest absolute Gasteiger partial charge is 0.289 e. The maximum atomic E-state index is 12.9. The molecule has 0 heterocycles. The van der Waals surface area contributed by atoms with Gasteiger partial charge in [0.2, 0.25) is 5.78 Å². The molecule has 0 aliphatic carbocycles. The number of carbonyl (C=O) groups excluding carboxylic acids is 3. The average Bonchev–Trinajstić information content (AvgIpc) is 2.91. The molecule has 36 heavy (non-hydrogen) atoms. The van der Waals surface area contributed by atoms with Gasteiger partial charge in [-0.1, -0.05) is 81.8 Å². The van der Waals surface area contributed by atoms with Crippen molar-refractivity contribution in [1.29, 1.82) is 0 Å². The quantitative estimate of drug-likeness (QED) is 0.203. The highest BCUT2D eigenvalue weighted by Crippen LogP contribution is 2.11. The van der Waals surface area contributed by atoms with Crippen LogP contribution in [0.15, 0.2) is 60.7 Å². The molecule has 2 amide bonds. The van der Waals surface area contributed by atoms with E-state index in [0.717, 1.165) is 17.5 Å². The van der Waals surface area contributed by atoms with Gasteiger partial charge in [-0.15, -0.1) is 0 Å². The second-order valence-corrected chi connectivity index (χ2v) is 8.25. The number of aryl methyl sites for hydroxylation is 1. The van der Waals surface area contributed by atoms with Crippen LogP contribution in [-0.2, 0) is 27.2 Å². The van der Waals surface area contributed by atoms with E-state index in [9.17, 15) is 14.4 Å². The SMILES string of the molecule is CC.CCCOC/C=C/CC(NC(=O)c1ccccc1CC)C(=O)C(=O)NCCc1ccc(Cl)cc1. The number of Topliss-reactive ketones (excluding diaryl/α,β-unsaturated/α-hetero) is 1. The number of benzene rings is 2. The Hall–Kier alpha value is -2.96. The van der Waals surface area contributed by atoms with E-state index in [1.807, 2.05) is 52.0 Å². The Balaban J connectivity index is 0.00000316. The summed E-state index contributed by atoms with van der Waals surface area (Å²) in [6.45, 7) is 9.34. The first kappa shape index (κ1) is 31.1. The first-order valence-electron chi connectivity index (χ1n) is 12.6. The molecule has 6 nitrogen and oxygen atoms in total. The molecule has 0 aromatic heterocycles. The molecule has 0 spiro atoms. The molecule has 1 atom stereocenters. The molecule has 0 saturated heterocycles. The number of ketones is 1. The van der Waals surface area contributed by atoms with Crippen LogP contribution in [0.5, 0.6) is 0 Å². The summed E-state index contributed by atoms with van der Waals surface area (Å²) in [5.74, 6) is -1.78. The number of amides is 2. The summed E-state index contributed by atoms with van der Waals surface area (Å²) in [7, 11) is 0. The van der Waals surface area contributed by atoms with Crippen LogP contribution in [0.2, 0.25) is 5.02 Å². The summed E-state index contributed by atoms with van der Waals surface area (Å²) in [5.41, 5.74) is 2.37. The van der Waals surface area contributed by atoms with Crippen LogP contribution >= 0.6 is 11.6 Å². The number of carbonyl (C=O) groups is 3. The zero-order valence-electron chi connectivity index (χ0n) is 21.8. The molecule has 2 rings (SSSR count). The molecular formula is C29H39ClN2O4. The topological polar surface area (TPSA) is 84.5 Å². The lowest BCUT2D eigenvalue weighted by Crippen LogP contribution is -2.47. The Morgan fingerprint density at radius 2 is 1.69 bits per heavy atom. The molecule has 1 unspecified atom stereocenters. The molecule has 0 fully saturated rings. The lowest BCUT2D eigenvalue weighted by atomic mass is 10.0. The summed E-state index contributed by atoms with van der Waals surface area (Å²) in [6, 6.07) is 13.6. The van der Waals surface area contributed by atoms with Gasteiger partial charge in [-0.05, 0) is 55.0 Å². The first-order chi connectivity index (χ1) is 17.5. The van der Waals surface area contributed by atoms with Crippen molar-refractivity contribution >= 4 is 29.2 Å². The van der Waals surface area contributed by atoms with E-state index in [1.165, 1.54) is 0 Å². The maximum absolute atomic E-state index is 12.9. The van der Waals surface area contributed by atoms with Crippen LogP contribution in [0, 0.1) is 0 Å². The van der Waals surface area contributed by atoms with Crippen molar-refractivity contribution in [3.8, 4) is 0 Å². The number of halogens is 1. The Labute approximate surface area is 220 Å². The van der Waals surface area contributed by atoms with Crippen LogP contribution in [-0.4, -0.2) is 43.4 Å². The molecular weight excluding hydrogens is 476 g/mol. The molecule has 7 heteroatoms. The number of hydrogen-bond acceptors (Lipinski definition) is 4. The van der Waals surface area contributed by atoms with Crippen LogP contribution in [0.4, 0.5) is 0 Å². The summed E-state index contributed by atoms with van der Waals surface area (Å²) in [4.78, 5) is 38.4. The third-order valence-corrected chi connectivity index (χ3v) is 5.45. The predicted octanol–water partition coefficient (Wildman–Crippen LogP) is 5.33. The monoisotopic (exact) mass is 514 g/mol. The molecule has 0 radical (unpaired) electrons. The van der Waals surface area contributed by atoms with Gasteiger partial charge in [0.15, 0.2) is 0 Å². The largest absolute Gasteiger partial charge is 0.377 e. The second kappa shape index (κ2) is 18.3. The van der Waals surface area contributed by atoms with E-state index < -0.39 is 17.7 Å². The molecule has 0 aliphatic rings. The predicted molar refractivity (Wildman–Crippen MR) is 146 cm³/mol. The number of nitrogens with one attached hydrogen (secondary N) is 2. The fourth-order valence-electron chi connectivity index (χ4n) is 3.33. The Kier molecular flexibility index (Phi) is 15.8. The fraction of sp³-hybridized carbons (Fsp3) is 0.414. The van der Waals surface area contributed by atoms with E-state index in [-0.39, 0.29) is 12.3 Å². The first-order valence-corrected chi connectivity index (χ1v) is 13.0. The van der Waals surface area contributed by atoms with Gasteiger partial charge in [0.05, 0.1) is 6.61 Å². The molecule has 2 aromatic carbocycles. The van der Waals surface area contributed by atoms with Crippen molar-refractivity contribution in [2.45, 2.75) is 59.4 Å². The number of ether oxygens (including phenoxy) is 1. The standard InChI is InChI=1S/C27H33ClN2O4.C2H6/c1-3-18-34-19-8-7-11-24(30-26(32)23-10-6-5-9-21(23)4-2)25(31)27(33)29-17-16-20-12-14-22(28)15-13-20;1-2/h5-10,12-15,24H,3-4,11,16-19H2,1-2H3,(H,29,33)(H,30,32);1-2H3/b8-7+;. The van der Waals surface area contributed by atoms with E-state index in [1.54, 1.807) is 36.4 Å². The maximum Gasteiger partial charge on any atom is 0.289 e. The number of rotatable bonds is 14. The highest BCUT2D eigenvalue weighted by Gasteiger charge is 2.26. The highest BCUT2D eigenvalue weighted by atomic mass is 35.5. The summed E-state index contributed by atoms with van der Waals surface area (Å²) >= 11 is 5.89. The zero-order valence-corrected chi connectivity index (χ0v) is 22.6. The Bertz CT molecular complexity index is 973. The fourth-order valence-corrected chi connectivity index (χ4v) is 3.46. The van der Waals surface area contributed by atoms with Gasteiger partial charge in [-0.25, -0.2) is 0 Å². The van der Waals surface area contributed by atoms with E-state index in [4.69, 9.17) is 16.3 Å². The minimum Gasteiger partial charge on any atom is -0.377 e. The lowest BCUT2D eigenvalue weighted by Gasteiger charge is -2.17. The molecule has 2 N–H and O–H groups in total. The van der Waals surface area contributed by atoms with E-state index in [0.29, 0.717) is 43.2 Å². The van der Waals surface area contributed by atoms with Crippen molar-refractivity contribution in [2.24, 2.45) is 0 Å². The van der Waals surface area contributed by atoms with Gasteiger partial charge in [-0.3, -0.25) is 14.4 Å². The third-order valence-electron chi connectivity index (χ3n) is 5.20. The molecule has 2 aromatic rings. The van der Waals surface area contributed by atoms with Crippen LogP contribution in [0.1, 0.15) is 62.0 Å². The lowest BCUT2D eigenvalue weighted by molar-refractivity contribution is -0.138. The van der Waals surface area contributed by atoms with Gasteiger partial charge in [0, 0.05) is 23.7 Å². The molecule has 196 valence electrons. The summed E-state index contributed by atoms with van der Waals surface area (Å²) < 4.78 is 5.41. The highest BCUT2D eigenvalue weighted by molar-refractivity contribution is 6.38. The molecule has 0 saturated carbocycles. The van der Waals surface area contributed by atoms with Crippen molar-refractivity contribution < 1.29 is 19.1 Å². The Morgan fingerprint density at radius 1 is 1.00 bits per heavy atom. The minimum atomic E-state index is -0.977. The molecule has 0 bridgehead atoms. The molecule has 0 aliphatic heterocycles. The third kappa shape index (κ3) is 11.2. The zero-order chi connectivity index (χ0) is 26.8. The normalized spacial score (nSPS) is 11.4. The van der Waals surface area contributed by atoms with Crippen molar-refractivity contribution in [1.82, 2.24) is 10.6 Å². The van der Waals surface area contributed by atoms with Gasteiger partial charge in [0.1, 0.15) is 6.04 Å². The van der Waals surface area contributed by atoms with Crippen molar-refractivity contribution in [3.63, 3.8) is 0 Å². The van der Waals surface area contributed by atoms with Gasteiger partial charge in [0.25, 0.3) is 11.8 Å². The van der Waals surface area contributed by atoms with Gasteiger partial charge >= 0.3 is 0 Å². The van der Waals surface area contributed by atoms with E-state index in [2.05, 4.69) is 10.6 Å².